The molecule has 2 aliphatic heterocycles. The molecule has 5 rings (SSSR count). The fourth-order valence-electron chi connectivity index (χ4n) is 6.59. The van der Waals surface area contributed by atoms with E-state index in [2.05, 4.69) is 31.6 Å². The van der Waals surface area contributed by atoms with E-state index < -0.39 is 12.0 Å². The maximum absolute atomic E-state index is 14.1. The quantitative estimate of drug-likeness (QED) is 0.566. The molecule has 1 aromatic heterocycles. The first-order chi connectivity index (χ1) is 17.5. The average Bonchev–Trinajstić information content (AvgIpc) is 3.26. The lowest BCUT2D eigenvalue weighted by Gasteiger charge is -2.39. The first-order valence-electron chi connectivity index (χ1n) is 13.5. The summed E-state index contributed by atoms with van der Waals surface area (Å²) in [7, 11) is 0. The van der Waals surface area contributed by atoms with Gasteiger partial charge < -0.3 is 14.9 Å². The number of nitrogens with zero attached hydrogens (tertiary/aromatic N) is 5. The van der Waals surface area contributed by atoms with Crippen LogP contribution in [0.2, 0.25) is 0 Å². The minimum atomic E-state index is -0.707. The highest BCUT2D eigenvalue weighted by Crippen LogP contribution is 2.40. The molecule has 0 bridgehead atoms. The van der Waals surface area contributed by atoms with Crippen molar-refractivity contribution in [3.63, 3.8) is 0 Å². The average molecular weight is 496 g/mol. The van der Waals surface area contributed by atoms with E-state index in [-0.39, 0.29) is 23.6 Å². The molecule has 1 aromatic carbocycles. The fourth-order valence-corrected chi connectivity index (χ4v) is 6.59. The highest BCUT2D eigenvalue weighted by atomic mass is 19.1. The summed E-state index contributed by atoms with van der Waals surface area (Å²) in [5, 5.41) is 10.0. The van der Waals surface area contributed by atoms with E-state index in [1.165, 1.54) is 6.07 Å². The Morgan fingerprint density at radius 2 is 1.89 bits per heavy atom. The number of halogens is 1. The number of aliphatic carboxylic acids is 1. The Kier molecular flexibility index (Phi) is 7.82. The number of hydrogen-bond acceptors (Lipinski definition) is 6. The van der Waals surface area contributed by atoms with E-state index in [0.717, 1.165) is 76.3 Å². The molecule has 1 aliphatic carbocycles. The molecule has 0 spiro atoms. The molecule has 3 heterocycles. The predicted octanol–water partition coefficient (Wildman–Crippen LogP) is 3.88. The van der Waals surface area contributed by atoms with Crippen LogP contribution in [0.25, 0.3) is 0 Å². The number of piperidine rings is 1. The molecule has 3 fully saturated rings. The summed E-state index contributed by atoms with van der Waals surface area (Å²) in [6, 6.07) is 8.76. The monoisotopic (exact) mass is 495 g/mol. The second-order valence-electron chi connectivity index (χ2n) is 10.7. The van der Waals surface area contributed by atoms with Crippen LogP contribution in [0.4, 0.5) is 10.3 Å². The van der Waals surface area contributed by atoms with Crippen LogP contribution in [0.3, 0.4) is 0 Å². The third-order valence-electron chi connectivity index (χ3n) is 8.63. The van der Waals surface area contributed by atoms with Gasteiger partial charge >= 0.3 is 5.97 Å². The summed E-state index contributed by atoms with van der Waals surface area (Å²) >= 11 is 0. The molecular weight excluding hydrogens is 457 g/mol. The van der Waals surface area contributed by atoms with Crippen LogP contribution in [-0.4, -0.2) is 82.2 Å². The summed E-state index contributed by atoms with van der Waals surface area (Å²) in [5.74, 6) is 0.538. The number of aromatic nitrogens is 2. The maximum Gasteiger partial charge on any atom is 0.321 e. The van der Waals surface area contributed by atoms with Crippen LogP contribution in [0, 0.1) is 17.7 Å². The Hall–Kier alpha value is -2.58. The van der Waals surface area contributed by atoms with Gasteiger partial charge in [0.15, 0.2) is 0 Å². The third kappa shape index (κ3) is 5.39. The molecule has 194 valence electrons. The minimum Gasteiger partial charge on any atom is -0.480 e. The standard InChI is InChI=1S/C28H38FN5O2/c1-2-34(28-30-12-5-13-31-28)24-10-14-32(15-11-24)17-22-18-33(26(27(35)36)20-6-3-7-20)19-25(22)21-8-4-9-23(29)16-21/h4-5,8-9,12-13,16,20,22,24-26H,2-3,6-7,10-11,14-15,17-19H2,1H3,(H,35,36)/t22-,25+,26+/m0/s1. The first-order valence-corrected chi connectivity index (χ1v) is 13.5. The molecular formula is C28H38FN5O2. The summed E-state index contributed by atoms with van der Waals surface area (Å²) in [4.78, 5) is 28.2. The van der Waals surface area contributed by atoms with E-state index >= 15 is 0 Å². The van der Waals surface area contributed by atoms with Gasteiger partial charge in [0.2, 0.25) is 5.95 Å². The Balaban J connectivity index is 1.27. The van der Waals surface area contributed by atoms with Gasteiger partial charge in [-0.25, -0.2) is 14.4 Å². The highest BCUT2D eigenvalue weighted by molar-refractivity contribution is 5.74. The number of carbonyl (C=O) groups is 1. The van der Waals surface area contributed by atoms with Gasteiger partial charge in [-0.1, -0.05) is 18.6 Å². The van der Waals surface area contributed by atoms with Crippen molar-refractivity contribution >= 4 is 11.9 Å². The molecule has 0 amide bonds. The summed E-state index contributed by atoms with van der Waals surface area (Å²) in [6.07, 6.45) is 8.81. The van der Waals surface area contributed by atoms with Crippen LogP contribution >= 0.6 is 0 Å². The van der Waals surface area contributed by atoms with Gasteiger partial charge in [0.05, 0.1) is 0 Å². The van der Waals surface area contributed by atoms with Crippen LogP contribution in [0.1, 0.15) is 50.5 Å². The molecule has 8 heteroatoms. The van der Waals surface area contributed by atoms with Crippen LogP contribution in [0.15, 0.2) is 42.7 Å². The number of anilines is 1. The molecule has 2 aromatic rings. The van der Waals surface area contributed by atoms with Crippen LogP contribution < -0.4 is 4.90 Å². The van der Waals surface area contributed by atoms with Crippen molar-refractivity contribution in [3.05, 3.63) is 54.1 Å². The van der Waals surface area contributed by atoms with Crippen molar-refractivity contribution in [1.82, 2.24) is 19.8 Å². The van der Waals surface area contributed by atoms with E-state index in [0.29, 0.717) is 12.6 Å². The van der Waals surface area contributed by atoms with Crippen molar-refractivity contribution < 1.29 is 14.3 Å². The zero-order valence-corrected chi connectivity index (χ0v) is 21.2. The zero-order valence-electron chi connectivity index (χ0n) is 21.2. The molecule has 0 radical (unpaired) electrons. The molecule has 1 N–H and O–H groups in total. The Labute approximate surface area is 213 Å². The number of likely N-dealkylation sites (tertiary alicyclic amines) is 2. The second kappa shape index (κ2) is 11.2. The maximum atomic E-state index is 14.1. The SMILES string of the molecule is CCN(c1ncccn1)C1CCN(C[C@H]2CN([C@@H](C(=O)O)C3CCC3)C[C@@H]2c2cccc(F)c2)CC1. The van der Waals surface area contributed by atoms with Gasteiger partial charge in [-0.15, -0.1) is 0 Å². The third-order valence-corrected chi connectivity index (χ3v) is 8.63. The lowest BCUT2D eigenvalue weighted by molar-refractivity contribution is -0.146. The molecule has 7 nitrogen and oxygen atoms in total. The normalized spacial score (nSPS) is 24.9. The van der Waals surface area contributed by atoms with Crippen molar-refractivity contribution in [2.45, 2.75) is 57.0 Å². The molecule has 0 unspecified atom stereocenters. The number of benzene rings is 1. The largest absolute Gasteiger partial charge is 0.480 e. The van der Waals surface area contributed by atoms with E-state index in [4.69, 9.17) is 0 Å². The zero-order chi connectivity index (χ0) is 25.1. The molecule has 2 saturated heterocycles. The molecule has 1 saturated carbocycles. The van der Waals surface area contributed by atoms with E-state index in [1.807, 2.05) is 12.1 Å². The minimum absolute atomic E-state index is 0.144. The smallest absolute Gasteiger partial charge is 0.321 e. The van der Waals surface area contributed by atoms with Gasteiger partial charge in [-0.3, -0.25) is 9.69 Å². The van der Waals surface area contributed by atoms with E-state index in [9.17, 15) is 14.3 Å². The summed E-state index contributed by atoms with van der Waals surface area (Å²) in [5.41, 5.74) is 0.994. The van der Waals surface area contributed by atoms with Gasteiger partial charge in [-0.05, 0) is 68.2 Å². The van der Waals surface area contributed by atoms with Crippen LogP contribution in [0.5, 0.6) is 0 Å². The number of rotatable bonds is 9. The lowest BCUT2D eigenvalue weighted by atomic mass is 9.79. The van der Waals surface area contributed by atoms with Crippen molar-refractivity contribution in [1.29, 1.82) is 0 Å². The fraction of sp³-hybridized carbons (Fsp3) is 0.607. The first kappa shape index (κ1) is 25.1. The van der Waals surface area contributed by atoms with Gasteiger partial charge in [0.25, 0.3) is 0 Å². The molecule has 36 heavy (non-hydrogen) atoms. The summed E-state index contributed by atoms with van der Waals surface area (Å²) < 4.78 is 14.1. The predicted molar refractivity (Wildman–Crippen MR) is 137 cm³/mol. The van der Waals surface area contributed by atoms with E-state index in [1.54, 1.807) is 24.5 Å². The lowest BCUT2D eigenvalue weighted by Crippen LogP contribution is -2.48. The van der Waals surface area contributed by atoms with Gasteiger partial charge in [-0.2, -0.15) is 0 Å². The van der Waals surface area contributed by atoms with Gasteiger partial charge in [0.1, 0.15) is 11.9 Å². The Bertz CT molecular complexity index is 1010. The number of carboxylic acid groups (broad SMARTS) is 1. The highest BCUT2D eigenvalue weighted by Gasteiger charge is 2.44. The Morgan fingerprint density at radius 1 is 1.14 bits per heavy atom. The van der Waals surface area contributed by atoms with Crippen molar-refractivity contribution in [3.8, 4) is 0 Å². The van der Waals surface area contributed by atoms with Crippen molar-refractivity contribution in [2.75, 3.05) is 44.2 Å². The second-order valence-corrected chi connectivity index (χ2v) is 10.7. The Morgan fingerprint density at radius 3 is 2.50 bits per heavy atom. The number of carboxylic acids is 1. The van der Waals surface area contributed by atoms with Crippen LogP contribution in [-0.2, 0) is 4.79 Å². The van der Waals surface area contributed by atoms with Gasteiger partial charge in [0, 0.05) is 63.6 Å². The van der Waals surface area contributed by atoms with Crippen molar-refractivity contribution in [2.24, 2.45) is 11.8 Å². The number of hydrogen-bond donors (Lipinski definition) is 1. The molecule has 3 aliphatic rings. The molecule has 3 atom stereocenters. The summed E-state index contributed by atoms with van der Waals surface area (Å²) in [6.45, 7) is 7.37. The topological polar surface area (TPSA) is 72.8 Å².